The third kappa shape index (κ3) is 5.38. The molecular formula is C24H21F3N4O4S. The van der Waals surface area contributed by atoms with Crippen LogP contribution in [0.3, 0.4) is 0 Å². The van der Waals surface area contributed by atoms with E-state index in [0.717, 1.165) is 16.9 Å². The van der Waals surface area contributed by atoms with Crippen LogP contribution in [0.2, 0.25) is 0 Å². The largest absolute Gasteiger partial charge is 0.493 e. The highest BCUT2D eigenvalue weighted by atomic mass is 32.2. The van der Waals surface area contributed by atoms with Gasteiger partial charge in [-0.2, -0.15) is 28.3 Å². The number of aryl methyl sites for hydroxylation is 2. The van der Waals surface area contributed by atoms with Crippen molar-refractivity contribution in [2.24, 2.45) is 10.1 Å². The molecule has 2 aliphatic rings. The summed E-state index contributed by atoms with van der Waals surface area (Å²) in [5.74, 6) is 0.236. The number of nitrogens with zero attached hydrogens (tertiary/aromatic N) is 3. The summed E-state index contributed by atoms with van der Waals surface area (Å²) in [7, 11) is 1.45. The molecule has 0 saturated heterocycles. The number of hydrazone groups is 1. The van der Waals surface area contributed by atoms with Gasteiger partial charge in [0.1, 0.15) is 19.0 Å². The zero-order chi connectivity index (χ0) is 26.0. The van der Waals surface area contributed by atoms with E-state index in [1.807, 2.05) is 32.0 Å². The van der Waals surface area contributed by atoms with Gasteiger partial charge in [0.25, 0.3) is 5.91 Å². The van der Waals surface area contributed by atoms with Crippen molar-refractivity contribution in [2.45, 2.75) is 20.0 Å². The predicted octanol–water partition coefficient (Wildman–Crippen LogP) is 4.95. The van der Waals surface area contributed by atoms with Crippen LogP contribution in [0.4, 0.5) is 13.2 Å². The Morgan fingerprint density at radius 2 is 1.75 bits per heavy atom. The molecule has 0 aliphatic carbocycles. The van der Waals surface area contributed by atoms with Crippen LogP contribution in [-0.2, 0) is 4.79 Å². The summed E-state index contributed by atoms with van der Waals surface area (Å²) in [4.78, 5) is 16.1. The Bertz CT molecular complexity index is 1320. The van der Waals surface area contributed by atoms with Crippen molar-refractivity contribution in [1.82, 2.24) is 5.01 Å². The van der Waals surface area contributed by atoms with E-state index in [0.29, 0.717) is 28.7 Å². The average molecular weight is 519 g/mol. The van der Waals surface area contributed by atoms with E-state index >= 15 is 0 Å². The van der Waals surface area contributed by atoms with Crippen molar-refractivity contribution in [3.05, 3.63) is 58.7 Å². The van der Waals surface area contributed by atoms with Crippen molar-refractivity contribution in [3.8, 4) is 17.2 Å². The van der Waals surface area contributed by atoms with Gasteiger partial charge in [0, 0.05) is 0 Å². The Labute approximate surface area is 208 Å². The van der Waals surface area contributed by atoms with Crippen LogP contribution < -0.4 is 14.2 Å². The molecule has 0 saturated carbocycles. The highest BCUT2D eigenvalue weighted by molar-refractivity contribution is 8.27. The summed E-state index contributed by atoms with van der Waals surface area (Å²) in [6.07, 6.45) is -3.36. The Morgan fingerprint density at radius 1 is 1.06 bits per heavy atom. The molecule has 2 heterocycles. The van der Waals surface area contributed by atoms with Gasteiger partial charge in [-0.05, 0) is 61.0 Å². The highest BCUT2D eigenvalue weighted by Crippen LogP contribution is 2.36. The van der Waals surface area contributed by atoms with Crippen LogP contribution >= 0.6 is 11.8 Å². The van der Waals surface area contributed by atoms with E-state index in [1.165, 1.54) is 13.2 Å². The fourth-order valence-electron chi connectivity index (χ4n) is 3.43. The van der Waals surface area contributed by atoms with Gasteiger partial charge in [-0.25, -0.2) is 0 Å². The second-order valence-corrected chi connectivity index (χ2v) is 8.76. The first kappa shape index (κ1) is 25.3. The molecule has 4 rings (SSSR count). The van der Waals surface area contributed by atoms with Gasteiger partial charge in [0.15, 0.2) is 17.3 Å². The molecule has 0 fully saturated rings. The second kappa shape index (κ2) is 10.1. The summed E-state index contributed by atoms with van der Waals surface area (Å²) >= 11 is 0.200. The normalized spacial score (nSPS) is 16.6. The van der Waals surface area contributed by atoms with E-state index in [4.69, 9.17) is 19.6 Å². The van der Waals surface area contributed by atoms with Crippen LogP contribution in [0.1, 0.15) is 16.7 Å². The topological polar surface area (TPSA) is 96.6 Å². The number of benzene rings is 2. The van der Waals surface area contributed by atoms with Crippen molar-refractivity contribution in [3.63, 3.8) is 0 Å². The fraction of sp³-hybridized carbons (Fsp3) is 0.250. The molecule has 8 nitrogen and oxygen atoms in total. The number of ether oxygens (including phenoxy) is 3. The number of amides is 1. The van der Waals surface area contributed by atoms with Crippen LogP contribution in [0.15, 0.2) is 52.1 Å². The maximum atomic E-state index is 13.0. The number of carbonyl (C=O) groups is 1. The molecule has 2 aromatic carbocycles. The van der Waals surface area contributed by atoms with Crippen molar-refractivity contribution in [1.29, 1.82) is 5.41 Å². The van der Waals surface area contributed by atoms with Gasteiger partial charge < -0.3 is 14.2 Å². The van der Waals surface area contributed by atoms with Gasteiger partial charge in [-0.3, -0.25) is 10.2 Å². The number of rotatable bonds is 7. The number of fused-ring (bicyclic) bond motifs is 1. The lowest BCUT2D eigenvalue weighted by atomic mass is 10.1. The minimum Gasteiger partial charge on any atom is -0.493 e. The molecule has 0 radical (unpaired) electrons. The summed E-state index contributed by atoms with van der Waals surface area (Å²) in [6, 6.07) is 10.7. The SMILES string of the molecule is COc1cc(/C=C2\C(=N)N3N=C(C(F)(F)F)SC3=NC2=O)ccc1OCCOc1ccc(C)cc1C. The molecule has 2 aliphatic heterocycles. The lowest BCUT2D eigenvalue weighted by Gasteiger charge is -2.20. The van der Waals surface area contributed by atoms with Crippen LogP contribution in [-0.4, -0.2) is 53.5 Å². The molecule has 0 bridgehead atoms. The maximum Gasteiger partial charge on any atom is 0.441 e. The molecule has 36 heavy (non-hydrogen) atoms. The average Bonchev–Trinajstić information content (AvgIpc) is 3.26. The van der Waals surface area contributed by atoms with Gasteiger partial charge in [-0.15, -0.1) is 0 Å². The maximum absolute atomic E-state index is 13.0. The van der Waals surface area contributed by atoms with Crippen LogP contribution in [0.5, 0.6) is 17.2 Å². The van der Waals surface area contributed by atoms with Gasteiger partial charge >= 0.3 is 6.18 Å². The van der Waals surface area contributed by atoms with Crippen molar-refractivity contribution < 1.29 is 32.2 Å². The van der Waals surface area contributed by atoms with Crippen molar-refractivity contribution in [2.75, 3.05) is 20.3 Å². The predicted molar refractivity (Wildman–Crippen MR) is 131 cm³/mol. The second-order valence-electron chi connectivity index (χ2n) is 7.80. The number of alkyl halides is 3. The smallest absolute Gasteiger partial charge is 0.441 e. The Hall–Kier alpha value is -3.80. The third-order valence-electron chi connectivity index (χ3n) is 5.12. The summed E-state index contributed by atoms with van der Waals surface area (Å²) in [6.45, 7) is 4.52. The molecule has 2 aromatic rings. The molecule has 1 N–H and O–H groups in total. The minimum atomic E-state index is -4.70. The number of nitrogens with one attached hydrogen (secondary N) is 1. The standard InChI is InChI=1S/C24H21F3N4O4S/c1-13-4-6-17(14(2)10-13)34-8-9-35-18-7-5-15(12-19(18)33-3)11-16-20(28)31-23(29-21(16)32)36-22(30-31)24(25,26)27/h4-7,10-12,28H,8-9H2,1-3H3/b16-11+,28-20?. The van der Waals surface area contributed by atoms with Gasteiger partial charge in [0.2, 0.25) is 10.2 Å². The van der Waals surface area contributed by atoms with Crippen LogP contribution in [0.25, 0.3) is 6.08 Å². The minimum absolute atomic E-state index is 0.200. The third-order valence-corrected chi connectivity index (χ3v) is 6.08. The van der Waals surface area contributed by atoms with Gasteiger partial charge in [-0.1, -0.05) is 23.8 Å². The van der Waals surface area contributed by atoms with E-state index in [1.54, 1.807) is 18.2 Å². The van der Waals surface area contributed by atoms with E-state index in [9.17, 15) is 18.0 Å². The first-order valence-electron chi connectivity index (χ1n) is 10.6. The number of methoxy groups -OCH3 is 1. The number of hydrogen-bond donors (Lipinski definition) is 1. The quantitative estimate of drug-likeness (QED) is 0.412. The Balaban J connectivity index is 1.45. The lowest BCUT2D eigenvalue weighted by molar-refractivity contribution is -0.114. The number of halogens is 3. The zero-order valence-electron chi connectivity index (χ0n) is 19.5. The molecule has 1 amide bonds. The number of carbonyl (C=O) groups excluding carboxylic acids is 1. The number of hydrogen-bond acceptors (Lipinski definition) is 7. The van der Waals surface area contributed by atoms with E-state index < -0.39 is 23.0 Å². The fourth-order valence-corrected chi connectivity index (χ4v) is 4.19. The molecule has 0 spiro atoms. The molecule has 188 valence electrons. The van der Waals surface area contributed by atoms with Gasteiger partial charge in [0.05, 0.1) is 12.7 Å². The summed E-state index contributed by atoms with van der Waals surface area (Å²) in [5, 5.41) is 10.8. The molecule has 0 atom stereocenters. The highest BCUT2D eigenvalue weighted by Gasteiger charge is 2.46. The number of thioether (sulfide) groups is 1. The Kier molecular flexibility index (Phi) is 7.07. The molecule has 0 unspecified atom stereocenters. The Morgan fingerprint density at radius 3 is 2.42 bits per heavy atom. The molecular weight excluding hydrogens is 497 g/mol. The molecule has 12 heteroatoms. The lowest BCUT2D eigenvalue weighted by Crippen LogP contribution is -2.35. The number of amidine groups is 2. The van der Waals surface area contributed by atoms with E-state index in [2.05, 4.69) is 10.1 Å². The molecule has 0 aromatic heterocycles. The van der Waals surface area contributed by atoms with Crippen LogP contribution in [0, 0.1) is 19.3 Å². The summed E-state index contributed by atoms with van der Waals surface area (Å²) < 4.78 is 55.8. The van der Waals surface area contributed by atoms with E-state index in [-0.39, 0.29) is 29.1 Å². The first-order chi connectivity index (χ1) is 17.1. The summed E-state index contributed by atoms with van der Waals surface area (Å²) in [5.41, 5.74) is 2.43. The monoisotopic (exact) mass is 518 g/mol. The zero-order valence-corrected chi connectivity index (χ0v) is 20.3. The number of aliphatic imine (C=N–C) groups is 1. The van der Waals surface area contributed by atoms with Crippen molar-refractivity contribution >= 4 is 39.8 Å². The first-order valence-corrected chi connectivity index (χ1v) is 11.5.